The van der Waals surface area contributed by atoms with Crippen LogP contribution in [-0.2, 0) is 6.61 Å². The van der Waals surface area contributed by atoms with Gasteiger partial charge in [-0.15, -0.1) is 0 Å². The Morgan fingerprint density at radius 3 is 2.38 bits per heavy atom. The molecule has 0 fully saturated rings. The molecule has 0 atom stereocenters. The fourth-order valence-electron chi connectivity index (χ4n) is 2.37. The molecule has 120 valence electrons. The average molecular weight is 339 g/mol. The van der Waals surface area contributed by atoms with Crippen molar-refractivity contribution in [3.8, 4) is 16.9 Å². The third kappa shape index (κ3) is 3.76. The average Bonchev–Trinajstić information content (AvgIpc) is 2.61. The lowest BCUT2D eigenvalue weighted by Crippen LogP contribution is -1.97. The summed E-state index contributed by atoms with van der Waals surface area (Å²) in [4.78, 5) is 11.0. The van der Waals surface area contributed by atoms with Gasteiger partial charge in [0.15, 0.2) is 0 Å². The zero-order chi connectivity index (χ0) is 16.9. The molecule has 0 spiro atoms. The summed E-state index contributed by atoms with van der Waals surface area (Å²) in [5.74, 6) is -0.290. The highest BCUT2D eigenvalue weighted by Gasteiger charge is 2.10. The molecule has 3 aromatic rings. The Labute approximate surface area is 145 Å². The first kappa shape index (κ1) is 16.1. The summed E-state index contributed by atoms with van der Waals surface area (Å²) in [6.45, 7) is 0.489. The maximum Gasteiger partial charge on any atom is 0.337 e. The molecule has 3 rings (SSSR count). The van der Waals surface area contributed by atoms with E-state index in [9.17, 15) is 4.79 Å². The highest BCUT2D eigenvalue weighted by molar-refractivity contribution is 6.33. The molecule has 0 aliphatic carbocycles. The molecule has 4 heteroatoms. The second kappa shape index (κ2) is 7.20. The highest BCUT2D eigenvalue weighted by atomic mass is 35.5. The van der Waals surface area contributed by atoms with E-state index in [1.165, 1.54) is 6.07 Å². The normalized spacial score (nSPS) is 10.4. The molecule has 0 bridgehead atoms. The van der Waals surface area contributed by atoms with Crippen LogP contribution in [0.4, 0.5) is 0 Å². The van der Waals surface area contributed by atoms with Crippen LogP contribution in [0.15, 0.2) is 72.8 Å². The topological polar surface area (TPSA) is 46.5 Å². The summed E-state index contributed by atoms with van der Waals surface area (Å²) in [6.07, 6.45) is 0. The molecule has 3 aromatic carbocycles. The number of carboxylic acid groups (broad SMARTS) is 1. The van der Waals surface area contributed by atoms with E-state index in [4.69, 9.17) is 21.4 Å². The fourth-order valence-corrected chi connectivity index (χ4v) is 2.64. The molecule has 3 nitrogen and oxygen atoms in total. The molecule has 0 saturated carbocycles. The summed E-state index contributed by atoms with van der Waals surface area (Å²) in [5.41, 5.74) is 2.95. The van der Waals surface area contributed by atoms with Crippen molar-refractivity contribution in [2.45, 2.75) is 6.61 Å². The number of carbonyl (C=O) groups is 1. The van der Waals surface area contributed by atoms with Crippen LogP contribution < -0.4 is 4.74 Å². The first-order chi connectivity index (χ1) is 11.6. The van der Waals surface area contributed by atoms with Crippen molar-refractivity contribution in [1.29, 1.82) is 0 Å². The second-order valence-electron chi connectivity index (χ2n) is 5.30. The molecule has 0 saturated heterocycles. The molecule has 0 radical (unpaired) electrons. The lowest BCUT2D eigenvalue weighted by Gasteiger charge is -2.09. The first-order valence-corrected chi connectivity index (χ1v) is 7.81. The second-order valence-corrected chi connectivity index (χ2v) is 5.71. The molecule has 1 N–H and O–H groups in total. The zero-order valence-electron chi connectivity index (χ0n) is 12.8. The van der Waals surface area contributed by atoms with E-state index < -0.39 is 5.97 Å². The van der Waals surface area contributed by atoms with Crippen LogP contribution in [0.25, 0.3) is 11.1 Å². The SMILES string of the molecule is O=C(O)c1ccc(-c2cccc(OCc3ccccc3)c2)cc1Cl. The van der Waals surface area contributed by atoms with Gasteiger partial charge in [-0.25, -0.2) is 4.79 Å². The Kier molecular flexibility index (Phi) is 4.82. The van der Waals surface area contributed by atoms with Gasteiger partial charge in [-0.2, -0.15) is 0 Å². The van der Waals surface area contributed by atoms with Gasteiger partial charge in [-0.1, -0.05) is 60.1 Å². The minimum absolute atomic E-state index is 0.0944. The maximum atomic E-state index is 11.0. The highest BCUT2D eigenvalue weighted by Crippen LogP contribution is 2.28. The summed E-state index contributed by atoms with van der Waals surface area (Å²) in [6, 6.07) is 22.5. The Hall–Kier alpha value is -2.78. The Morgan fingerprint density at radius 1 is 0.917 bits per heavy atom. The zero-order valence-corrected chi connectivity index (χ0v) is 13.5. The number of hydrogen-bond donors (Lipinski definition) is 1. The van der Waals surface area contributed by atoms with Crippen LogP contribution in [0.1, 0.15) is 15.9 Å². The number of ether oxygens (including phenoxy) is 1. The maximum absolute atomic E-state index is 11.0. The summed E-state index contributed by atoms with van der Waals surface area (Å²) < 4.78 is 5.82. The van der Waals surface area contributed by atoms with E-state index >= 15 is 0 Å². The lowest BCUT2D eigenvalue weighted by atomic mass is 10.0. The van der Waals surface area contributed by atoms with Crippen LogP contribution in [0.2, 0.25) is 5.02 Å². The van der Waals surface area contributed by atoms with Crippen molar-refractivity contribution in [1.82, 2.24) is 0 Å². The summed E-state index contributed by atoms with van der Waals surface area (Å²) in [7, 11) is 0. The molecule has 0 aliphatic rings. The van der Waals surface area contributed by atoms with E-state index in [0.717, 1.165) is 22.4 Å². The summed E-state index contributed by atoms with van der Waals surface area (Å²) >= 11 is 6.04. The molecule has 0 amide bonds. The van der Waals surface area contributed by atoms with E-state index in [1.54, 1.807) is 12.1 Å². The van der Waals surface area contributed by atoms with Gasteiger partial charge in [0.05, 0.1) is 10.6 Å². The van der Waals surface area contributed by atoms with Crippen molar-refractivity contribution < 1.29 is 14.6 Å². The molecular weight excluding hydrogens is 324 g/mol. The number of hydrogen-bond acceptors (Lipinski definition) is 2. The van der Waals surface area contributed by atoms with E-state index in [1.807, 2.05) is 54.6 Å². The fraction of sp³-hybridized carbons (Fsp3) is 0.0500. The van der Waals surface area contributed by atoms with Gasteiger partial charge < -0.3 is 9.84 Å². The van der Waals surface area contributed by atoms with Crippen molar-refractivity contribution in [2.24, 2.45) is 0 Å². The molecule has 0 unspecified atom stereocenters. The Balaban J connectivity index is 1.80. The van der Waals surface area contributed by atoms with Crippen LogP contribution in [0, 0.1) is 0 Å². The van der Waals surface area contributed by atoms with Crippen LogP contribution in [0.3, 0.4) is 0 Å². The largest absolute Gasteiger partial charge is 0.489 e. The van der Waals surface area contributed by atoms with Crippen LogP contribution in [-0.4, -0.2) is 11.1 Å². The van der Waals surface area contributed by atoms with Crippen molar-refractivity contribution in [3.05, 3.63) is 88.9 Å². The van der Waals surface area contributed by atoms with Gasteiger partial charge in [0.1, 0.15) is 12.4 Å². The molecule has 0 aliphatic heterocycles. The van der Waals surface area contributed by atoms with Gasteiger partial charge in [0.25, 0.3) is 0 Å². The number of rotatable bonds is 5. The van der Waals surface area contributed by atoms with Gasteiger partial charge in [0, 0.05) is 0 Å². The third-order valence-electron chi connectivity index (χ3n) is 3.62. The lowest BCUT2D eigenvalue weighted by molar-refractivity contribution is 0.0697. The number of carboxylic acids is 1. The van der Waals surface area contributed by atoms with E-state index in [-0.39, 0.29) is 10.6 Å². The predicted molar refractivity (Wildman–Crippen MR) is 94.6 cm³/mol. The Morgan fingerprint density at radius 2 is 1.67 bits per heavy atom. The monoisotopic (exact) mass is 338 g/mol. The summed E-state index contributed by atoms with van der Waals surface area (Å²) in [5, 5.41) is 9.26. The third-order valence-corrected chi connectivity index (χ3v) is 3.93. The van der Waals surface area contributed by atoms with Gasteiger partial charge in [-0.05, 0) is 41.0 Å². The van der Waals surface area contributed by atoms with Gasteiger partial charge in [-0.3, -0.25) is 0 Å². The quantitative estimate of drug-likeness (QED) is 0.688. The Bertz CT molecular complexity index is 860. The molecule has 0 heterocycles. The van der Waals surface area contributed by atoms with Gasteiger partial charge in [0.2, 0.25) is 0 Å². The van der Waals surface area contributed by atoms with E-state index in [2.05, 4.69) is 0 Å². The number of benzene rings is 3. The van der Waals surface area contributed by atoms with Crippen LogP contribution in [0.5, 0.6) is 5.75 Å². The molecular formula is C20H15ClO3. The number of halogens is 1. The van der Waals surface area contributed by atoms with Crippen molar-refractivity contribution >= 4 is 17.6 Å². The van der Waals surface area contributed by atoms with E-state index in [0.29, 0.717) is 6.61 Å². The standard InChI is InChI=1S/C20H15ClO3/c21-19-12-16(9-10-18(19)20(22)23)15-7-4-8-17(11-15)24-13-14-5-2-1-3-6-14/h1-12H,13H2,(H,22,23). The predicted octanol–water partition coefficient (Wildman–Crippen LogP) is 5.28. The van der Waals surface area contributed by atoms with Gasteiger partial charge >= 0.3 is 5.97 Å². The minimum atomic E-state index is -1.04. The first-order valence-electron chi connectivity index (χ1n) is 7.43. The van der Waals surface area contributed by atoms with Crippen LogP contribution >= 0.6 is 11.6 Å². The molecule has 24 heavy (non-hydrogen) atoms. The number of aromatic carboxylic acids is 1. The smallest absolute Gasteiger partial charge is 0.337 e. The minimum Gasteiger partial charge on any atom is -0.489 e. The van der Waals surface area contributed by atoms with Crippen molar-refractivity contribution in [3.63, 3.8) is 0 Å². The molecule has 0 aromatic heterocycles. The van der Waals surface area contributed by atoms with Crippen molar-refractivity contribution in [2.75, 3.05) is 0 Å².